The van der Waals surface area contributed by atoms with Gasteiger partial charge in [0.2, 0.25) is 0 Å². The Morgan fingerprint density at radius 2 is 2.00 bits per heavy atom. The summed E-state index contributed by atoms with van der Waals surface area (Å²) in [7, 11) is -3.80. The fraction of sp³-hybridized carbons (Fsp3) is 0.143. The third-order valence-corrected chi connectivity index (χ3v) is 2.31. The van der Waals surface area contributed by atoms with Crippen molar-refractivity contribution in [1.82, 2.24) is 0 Å². The Bertz CT molecular complexity index is 396. The van der Waals surface area contributed by atoms with Crippen molar-refractivity contribution in [1.29, 1.82) is 0 Å². The molecule has 1 heterocycles. The third kappa shape index (κ3) is 1.28. The van der Waals surface area contributed by atoms with Crippen LogP contribution < -0.4 is 4.18 Å². The minimum atomic E-state index is -3.80. The molecule has 0 bridgehead atoms. The summed E-state index contributed by atoms with van der Waals surface area (Å²) in [6.45, 7) is 0.0541. The highest BCUT2D eigenvalue weighted by Crippen LogP contribution is 2.25. The van der Waals surface area contributed by atoms with Crippen LogP contribution in [-0.2, 0) is 21.2 Å². The Kier molecular flexibility index (Phi) is 1.55. The number of benzene rings is 1. The van der Waals surface area contributed by atoms with Crippen molar-refractivity contribution in [2.45, 2.75) is 6.61 Å². The van der Waals surface area contributed by atoms with Gasteiger partial charge in [0.25, 0.3) is 0 Å². The molecule has 1 aromatic rings. The number of hydrogen-bond donors (Lipinski definition) is 0. The molecule has 0 saturated heterocycles. The second-order valence-corrected chi connectivity index (χ2v) is 3.58. The van der Waals surface area contributed by atoms with E-state index in [2.05, 4.69) is 8.37 Å². The molecule has 0 unspecified atom stereocenters. The molecule has 2 rings (SSSR count). The molecular formula is C7H6O4S. The lowest BCUT2D eigenvalue weighted by Gasteiger charge is -2.15. The Hall–Kier alpha value is -1.07. The normalized spacial score (nSPS) is 19.3. The highest BCUT2D eigenvalue weighted by molar-refractivity contribution is 7.82. The lowest BCUT2D eigenvalue weighted by Crippen LogP contribution is -2.18. The van der Waals surface area contributed by atoms with Crippen LogP contribution in [0, 0.1) is 0 Å². The average Bonchev–Trinajstić information content (AvgIpc) is 2.02. The van der Waals surface area contributed by atoms with Crippen LogP contribution in [0.2, 0.25) is 0 Å². The summed E-state index contributed by atoms with van der Waals surface area (Å²) in [6, 6.07) is 6.85. The smallest absolute Gasteiger partial charge is 0.361 e. The molecule has 0 saturated carbocycles. The molecule has 0 fully saturated rings. The summed E-state index contributed by atoms with van der Waals surface area (Å²) in [5, 5.41) is 0. The Labute approximate surface area is 70.1 Å². The van der Waals surface area contributed by atoms with Gasteiger partial charge in [-0.1, -0.05) is 18.2 Å². The highest BCUT2D eigenvalue weighted by atomic mass is 32.3. The second kappa shape index (κ2) is 2.46. The first-order valence-corrected chi connectivity index (χ1v) is 4.67. The second-order valence-electron chi connectivity index (χ2n) is 2.36. The van der Waals surface area contributed by atoms with Crippen LogP contribution in [0.5, 0.6) is 5.75 Å². The van der Waals surface area contributed by atoms with Gasteiger partial charge in [-0.25, -0.2) is 4.18 Å². The first kappa shape index (κ1) is 7.57. The maximum Gasteiger partial charge on any atom is 0.449 e. The van der Waals surface area contributed by atoms with Gasteiger partial charge in [0.15, 0.2) is 5.75 Å². The van der Waals surface area contributed by atoms with E-state index in [9.17, 15) is 8.42 Å². The topological polar surface area (TPSA) is 52.6 Å². The van der Waals surface area contributed by atoms with Crippen molar-refractivity contribution in [2.75, 3.05) is 0 Å². The summed E-state index contributed by atoms with van der Waals surface area (Å²) < 4.78 is 30.5. The zero-order chi connectivity index (χ0) is 8.60. The monoisotopic (exact) mass is 186 g/mol. The van der Waals surface area contributed by atoms with Crippen molar-refractivity contribution in [2.24, 2.45) is 0 Å². The van der Waals surface area contributed by atoms with Gasteiger partial charge >= 0.3 is 10.4 Å². The van der Waals surface area contributed by atoms with E-state index in [1.165, 1.54) is 0 Å². The molecule has 0 spiro atoms. The molecule has 0 amide bonds. The molecule has 12 heavy (non-hydrogen) atoms. The molecular weight excluding hydrogens is 180 g/mol. The molecule has 1 aromatic carbocycles. The number of hydrogen-bond acceptors (Lipinski definition) is 4. The standard InChI is InChI=1S/C7H6O4S/c8-12(9)10-5-6-3-1-2-4-7(6)11-12/h1-4H,5H2. The van der Waals surface area contributed by atoms with Crippen LogP contribution in [0.25, 0.3) is 0 Å². The van der Waals surface area contributed by atoms with E-state index in [1.807, 2.05) is 0 Å². The quantitative estimate of drug-likeness (QED) is 0.602. The molecule has 64 valence electrons. The third-order valence-electron chi connectivity index (χ3n) is 1.52. The maximum absolute atomic E-state index is 10.8. The first-order valence-electron chi connectivity index (χ1n) is 3.34. The van der Waals surface area contributed by atoms with Crippen LogP contribution in [0.1, 0.15) is 5.56 Å². The SMILES string of the molecule is O=S1(=O)OCc2ccccc2O1. The number of para-hydroxylation sites is 1. The Balaban J connectivity index is 2.48. The highest BCUT2D eigenvalue weighted by Gasteiger charge is 2.22. The van der Waals surface area contributed by atoms with Crippen LogP contribution in [0.15, 0.2) is 24.3 Å². The number of fused-ring (bicyclic) bond motifs is 1. The van der Waals surface area contributed by atoms with E-state index in [4.69, 9.17) is 0 Å². The van der Waals surface area contributed by atoms with E-state index >= 15 is 0 Å². The fourth-order valence-corrected chi connectivity index (χ4v) is 1.68. The molecule has 0 radical (unpaired) electrons. The minimum absolute atomic E-state index is 0.0541. The van der Waals surface area contributed by atoms with Crippen molar-refractivity contribution < 1.29 is 16.8 Å². The van der Waals surface area contributed by atoms with Crippen molar-refractivity contribution in [3.05, 3.63) is 29.8 Å². The Morgan fingerprint density at radius 1 is 1.25 bits per heavy atom. The van der Waals surface area contributed by atoms with Gasteiger partial charge in [0, 0.05) is 5.56 Å². The van der Waals surface area contributed by atoms with Gasteiger partial charge in [-0.05, 0) is 6.07 Å². The average molecular weight is 186 g/mol. The molecule has 0 aliphatic carbocycles. The van der Waals surface area contributed by atoms with Crippen LogP contribution >= 0.6 is 0 Å². The fourth-order valence-electron chi connectivity index (χ4n) is 0.974. The Morgan fingerprint density at radius 3 is 2.83 bits per heavy atom. The first-order chi connectivity index (χ1) is 5.67. The summed E-state index contributed by atoms with van der Waals surface area (Å²) >= 11 is 0. The molecule has 1 aliphatic heterocycles. The summed E-state index contributed by atoms with van der Waals surface area (Å²) in [4.78, 5) is 0. The molecule has 5 heteroatoms. The predicted octanol–water partition coefficient (Wildman–Crippen LogP) is 0.840. The van der Waals surface area contributed by atoms with Gasteiger partial charge in [-0.15, -0.1) is 0 Å². The van der Waals surface area contributed by atoms with E-state index in [-0.39, 0.29) is 6.61 Å². The van der Waals surface area contributed by atoms with Gasteiger partial charge in [-0.3, -0.25) is 0 Å². The van der Waals surface area contributed by atoms with Crippen molar-refractivity contribution in [3.8, 4) is 5.75 Å². The maximum atomic E-state index is 10.8. The molecule has 0 aromatic heterocycles. The van der Waals surface area contributed by atoms with Gasteiger partial charge in [-0.2, -0.15) is 8.42 Å². The lowest BCUT2D eigenvalue weighted by molar-refractivity contribution is 0.241. The zero-order valence-electron chi connectivity index (χ0n) is 6.06. The largest absolute Gasteiger partial charge is 0.449 e. The van der Waals surface area contributed by atoms with Crippen LogP contribution in [0.3, 0.4) is 0 Å². The summed E-state index contributed by atoms with van der Waals surface area (Å²) in [5.41, 5.74) is 0.743. The van der Waals surface area contributed by atoms with Crippen molar-refractivity contribution >= 4 is 10.4 Å². The molecule has 0 atom stereocenters. The van der Waals surface area contributed by atoms with Gasteiger partial charge < -0.3 is 4.18 Å². The predicted molar refractivity (Wildman–Crippen MR) is 40.8 cm³/mol. The summed E-state index contributed by atoms with van der Waals surface area (Å²) in [6.07, 6.45) is 0. The van der Waals surface area contributed by atoms with Crippen LogP contribution in [-0.4, -0.2) is 8.42 Å². The number of rotatable bonds is 0. The molecule has 0 N–H and O–H groups in total. The van der Waals surface area contributed by atoms with Crippen molar-refractivity contribution in [3.63, 3.8) is 0 Å². The van der Waals surface area contributed by atoms with Crippen LogP contribution in [0.4, 0.5) is 0 Å². The molecule has 4 nitrogen and oxygen atoms in total. The van der Waals surface area contributed by atoms with E-state index in [0.717, 1.165) is 5.56 Å². The van der Waals surface area contributed by atoms with E-state index in [1.54, 1.807) is 24.3 Å². The zero-order valence-corrected chi connectivity index (χ0v) is 6.87. The minimum Gasteiger partial charge on any atom is -0.361 e. The lowest BCUT2D eigenvalue weighted by atomic mass is 10.2. The molecule has 1 aliphatic rings. The van der Waals surface area contributed by atoms with E-state index < -0.39 is 10.4 Å². The summed E-state index contributed by atoms with van der Waals surface area (Å²) in [5.74, 6) is 0.351. The van der Waals surface area contributed by atoms with Gasteiger partial charge in [0.1, 0.15) is 0 Å². The van der Waals surface area contributed by atoms with Gasteiger partial charge in [0.05, 0.1) is 6.61 Å². The van der Waals surface area contributed by atoms with E-state index in [0.29, 0.717) is 5.75 Å².